The molecule has 0 spiro atoms. The van der Waals surface area contributed by atoms with Gasteiger partial charge in [0.25, 0.3) is 0 Å². The van der Waals surface area contributed by atoms with Crippen molar-refractivity contribution < 1.29 is 9.53 Å². The summed E-state index contributed by atoms with van der Waals surface area (Å²) in [5.41, 5.74) is 0.828. The molecule has 0 radical (unpaired) electrons. The first kappa shape index (κ1) is 17.7. The Morgan fingerprint density at radius 1 is 1.32 bits per heavy atom. The second-order valence-electron chi connectivity index (χ2n) is 6.30. The highest BCUT2D eigenvalue weighted by Gasteiger charge is 2.23. The molecule has 1 aromatic heterocycles. The molecule has 2 atom stereocenters. The lowest BCUT2D eigenvalue weighted by Gasteiger charge is -2.29. The van der Waals surface area contributed by atoms with Gasteiger partial charge in [-0.25, -0.2) is 0 Å². The molecule has 7 nitrogen and oxygen atoms in total. The van der Waals surface area contributed by atoms with Crippen molar-refractivity contribution in [3.8, 4) is 11.4 Å². The molecule has 3 rings (SSSR count). The number of hydrogen-bond donors (Lipinski definition) is 1. The molecular weight excluding hydrogens is 338 g/mol. The Morgan fingerprint density at radius 3 is 2.80 bits per heavy atom. The van der Waals surface area contributed by atoms with Crippen molar-refractivity contribution >= 4 is 17.7 Å². The lowest BCUT2D eigenvalue weighted by atomic mass is 9.86. The Hall–Kier alpha value is -2.09. The van der Waals surface area contributed by atoms with Crippen molar-refractivity contribution in [1.82, 2.24) is 25.5 Å². The number of thioether (sulfide) groups is 1. The van der Waals surface area contributed by atoms with Crippen molar-refractivity contribution in [2.24, 2.45) is 5.92 Å². The van der Waals surface area contributed by atoms with Gasteiger partial charge in [0.05, 0.1) is 18.6 Å². The molecule has 1 heterocycles. The van der Waals surface area contributed by atoms with Gasteiger partial charge < -0.3 is 10.1 Å². The number of carbonyl (C=O) groups excluding carboxylic acids is 1. The number of amides is 1. The van der Waals surface area contributed by atoms with Crippen LogP contribution in [0.3, 0.4) is 0 Å². The molecule has 1 fully saturated rings. The Labute approximate surface area is 151 Å². The second kappa shape index (κ2) is 8.33. The van der Waals surface area contributed by atoms with Crippen LogP contribution < -0.4 is 10.1 Å². The quantitative estimate of drug-likeness (QED) is 0.796. The van der Waals surface area contributed by atoms with Gasteiger partial charge in [0, 0.05) is 6.04 Å². The minimum atomic E-state index is 0.0352. The summed E-state index contributed by atoms with van der Waals surface area (Å²) in [4.78, 5) is 12.3. The first-order chi connectivity index (χ1) is 12.2. The van der Waals surface area contributed by atoms with Crippen LogP contribution in [0, 0.1) is 5.92 Å². The highest BCUT2D eigenvalue weighted by molar-refractivity contribution is 7.99. The molecule has 0 bridgehead atoms. The van der Waals surface area contributed by atoms with Gasteiger partial charge in [-0.3, -0.25) is 4.79 Å². The Morgan fingerprint density at radius 2 is 2.08 bits per heavy atom. The molecule has 1 N–H and O–H groups in total. The maximum absolute atomic E-state index is 12.3. The number of benzene rings is 1. The van der Waals surface area contributed by atoms with E-state index in [4.69, 9.17) is 4.74 Å². The highest BCUT2D eigenvalue weighted by Crippen LogP contribution is 2.24. The van der Waals surface area contributed by atoms with Gasteiger partial charge in [0.2, 0.25) is 11.1 Å². The van der Waals surface area contributed by atoms with Crippen LogP contribution in [-0.4, -0.2) is 45.0 Å². The zero-order valence-corrected chi connectivity index (χ0v) is 15.3. The highest BCUT2D eigenvalue weighted by atomic mass is 32.2. The van der Waals surface area contributed by atoms with Crippen molar-refractivity contribution in [2.45, 2.75) is 43.8 Å². The van der Waals surface area contributed by atoms with Crippen LogP contribution in [0.15, 0.2) is 29.4 Å². The maximum atomic E-state index is 12.3. The van der Waals surface area contributed by atoms with Gasteiger partial charge in [0.15, 0.2) is 0 Å². The van der Waals surface area contributed by atoms with Gasteiger partial charge in [-0.15, -0.1) is 5.10 Å². The normalized spacial score (nSPS) is 20.2. The molecule has 8 heteroatoms. The third-order valence-electron chi connectivity index (χ3n) is 4.55. The standard InChI is InChI=1S/C17H23N5O2S/c1-12-5-3-4-6-15(12)18-16(23)11-25-17-19-20-21-22(17)13-7-9-14(24-2)10-8-13/h7-10,12,15H,3-6,11H2,1-2H3,(H,18,23)/t12-,15-/m1/s1. The molecule has 1 amide bonds. The van der Waals surface area contributed by atoms with Crippen LogP contribution in [0.2, 0.25) is 0 Å². The third-order valence-corrected chi connectivity index (χ3v) is 5.47. The number of aromatic nitrogens is 4. The molecule has 1 aromatic carbocycles. The van der Waals surface area contributed by atoms with Crippen LogP contribution in [0.1, 0.15) is 32.6 Å². The Balaban J connectivity index is 1.58. The molecule has 25 heavy (non-hydrogen) atoms. The van der Waals surface area contributed by atoms with E-state index in [0.717, 1.165) is 17.9 Å². The van der Waals surface area contributed by atoms with E-state index >= 15 is 0 Å². The van der Waals surface area contributed by atoms with Crippen molar-refractivity contribution in [2.75, 3.05) is 12.9 Å². The Bertz CT molecular complexity index is 703. The van der Waals surface area contributed by atoms with E-state index in [1.54, 1.807) is 11.8 Å². The first-order valence-corrected chi connectivity index (χ1v) is 9.51. The molecule has 134 valence electrons. The van der Waals surface area contributed by atoms with Gasteiger partial charge >= 0.3 is 0 Å². The molecule has 0 aliphatic heterocycles. The van der Waals surface area contributed by atoms with Crippen LogP contribution in [0.25, 0.3) is 5.69 Å². The van der Waals surface area contributed by atoms with E-state index in [1.807, 2.05) is 24.3 Å². The summed E-state index contributed by atoms with van der Waals surface area (Å²) < 4.78 is 6.78. The maximum Gasteiger partial charge on any atom is 0.230 e. The van der Waals surface area contributed by atoms with Crippen LogP contribution in [0.5, 0.6) is 5.75 Å². The molecular formula is C17H23N5O2S. The van der Waals surface area contributed by atoms with Gasteiger partial charge in [-0.1, -0.05) is 31.5 Å². The van der Waals surface area contributed by atoms with E-state index < -0.39 is 0 Å². The lowest BCUT2D eigenvalue weighted by molar-refractivity contribution is -0.119. The minimum absolute atomic E-state index is 0.0352. The number of rotatable bonds is 6. The number of hydrogen-bond acceptors (Lipinski definition) is 6. The average molecular weight is 361 g/mol. The van der Waals surface area contributed by atoms with E-state index in [9.17, 15) is 4.79 Å². The van der Waals surface area contributed by atoms with Gasteiger partial charge in [0.1, 0.15) is 5.75 Å². The van der Waals surface area contributed by atoms with Crippen LogP contribution in [-0.2, 0) is 4.79 Å². The van der Waals surface area contributed by atoms with E-state index in [2.05, 4.69) is 27.8 Å². The first-order valence-electron chi connectivity index (χ1n) is 8.52. The predicted molar refractivity (Wildman–Crippen MR) is 96.0 cm³/mol. The summed E-state index contributed by atoms with van der Waals surface area (Å²) in [5.74, 6) is 1.66. The average Bonchev–Trinajstić information content (AvgIpc) is 3.10. The number of nitrogens with zero attached hydrogens (tertiary/aromatic N) is 4. The number of ether oxygens (including phenoxy) is 1. The summed E-state index contributed by atoms with van der Waals surface area (Å²) in [7, 11) is 1.62. The number of carbonyl (C=O) groups is 1. The summed E-state index contributed by atoms with van der Waals surface area (Å²) in [6.07, 6.45) is 4.71. The summed E-state index contributed by atoms with van der Waals surface area (Å²) in [6, 6.07) is 7.75. The Kier molecular flexibility index (Phi) is 5.91. The molecule has 0 saturated heterocycles. The van der Waals surface area contributed by atoms with Crippen molar-refractivity contribution in [3.63, 3.8) is 0 Å². The van der Waals surface area contributed by atoms with Gasteiger partial charge in [-0.2, -0.15) is 4.68 Å². The fourth-order valence-corrected chi connectivity index (χ4v) is 3.77. The summed E-state index contributed by atoms with van der Waals surface area (Å²) in [6.45, 7) is 2.21. The predicted octanol–water partition coefficient (Wildman–Crippen LogP) is 2.46. The van der Waals surface area contributed by atoms with Gasteiger partial charge in [-0.05, 0) is 53.5 Å². The fraction of sp³-hybridized carbons (Fsp3) is 0.529. The largest absolute Gasteiger partial charge is 0.497 e. The zero-order valence-electron chi connectivity index (χ0n) is 14.5. The van der Waals surface area contributed by atoms with Crippen molar-refractivity contribution in [3.05, 3.63) is 24.3 Å². The molecule has 1 aliphatic carbocycles. The molecule has 1 aliphatic rings. The topological polar surface area (TPSA) is 81.9 Å². The molecule has 1 saturated carbocycles. The number of methoxy groups -OCH3 is 1. The zero-order chi connectivity index (χ0) is 17.6. The van der Waals surface area contributed by atoms with Crippen molar-refractivity contribution in [1.29, 1.82) is 0 Å². The minimum Gasteiger partial charge on any atom is -0.497 e. The van der Waals surface area contributed by atoms with E-state index in [1.165, 1.54) is 31.0 Å². The summed E-state index contributed by atoms with van der Waals surface area (Å²) in [5, 5.41) is 15.5. The smallest absolute Gasteiger partial charge is 0.230 e. The lowest BCUT2D eigenvalue weighted by Crippen LogP contribution is -2.41. The fourth-order valence-electron chi connectivity index (χ4n) is 3.06. The van der Waals surface area contributed by atoms with Crippen LogP contribution >= 0.6 is 11.8 Å². The van der Waals surface area contributed by atoms with E-state index in [0.29, 0.717) is 22.9 Å². The SMILES string of the molecule is COc1ccc(-n2nnnc2SCC(=O)N[C@@H]2CCCC[C@H]2C)cc1. The third kappa shape index (κ3) is 4.50. The number of nitrogens with one attached hydrogen (secondary N) is 1. The summed E-state index contributed by atoms with van der Waals surface area (Å²) >= 11 is 1.34. The molecule has 2 aromatic rings. The molecule has 0 unspecified atom stereocenters. The monoisotopic (exact) mass is 361 g/mol. The number of tetrazole rings is 1. The van der Waals surface area contributed by atoms with Crippen LogP contribution in [0.4, 0.5) is 0 Å². The second-order valence-corrected chi connectivity index (χ2v) is 7.24. The van der Waals surface area contributed by atoms with E-state index in [-0.39, 0.29) is 5.91 Å².